The van der Waals surface area contributed by atoms with Crippen LogP contribution in [0, 0.1) is 22.7 Å². The maximum Gasteiger partial charge on any atom is 0.305 e. The van der Waals surface area contributed by atoms with Crippen molar-refractivity contribution < 1.29 is 14.3 Å². The lowest BCUT2D eigenvalue weighted by molar-refractivity contribution is -0.148. The molecular weight excluding hydrogens is 324 g/mol. The van der Waals surface area contributed by atoms with Gasteiger partial charge >= 0.3 is 5.97 Å². The fourth-order valence-corrected chi connectivity index (χ4v) is 5.66. The van der Waals surface area contributed by atoms with Crippen molar-refractivity contribution in [2.45, 2.75) is 79.1 Å². The van der Waals surface area contributed by atoms with Crippen LogP contribution in [0.4, 0.5) is 0 Å². The Kier molecular flexibility index (Phi) is 5.46. The molecule has 0 amide bonds. The van der Waals surface area contributed by atoms with E-state index in [0.717, 1.165) is 32.1 Å². The number of rotatable bonds is 5. The third-order valence-electron chi connectivity index (χ3n) is 7.30. The van der Waals surface area contributed by atoms with Crippen molar-refractivity contribution in [3.8, 4) is 0 Å². The first-order valence-electron chi connectivity index (χ1n) is 10.4. The summed E-state index contributed by atoms with van der Waals surface area (Å²) in [7, 11) is 0. The zero-order valence-corrected chi connectivity index (χ0v) is 16.9. The smallest absolute Gasteiger partial charge is 0.305 e. The summed E-state index contributed by atoms with van der Waals surface area (Å²) in [5.41, 5.74) is 3.02. The average Bonchev–Trinajstić information content (AvgIpc) is 2.62. The number of carbonyl (C=O) groups is 2. The van der Waals surface area contributed by atoms with Crippen molar-refractivity contribution in [2.75, 3.05) is 6.61 Å². The van der Waals surface area contributed by atoms with Crippen LogP contribution in [-0.4, -0.2) is 18.4 Å². The van der Waals surface area contributed by atoms with Gasteiger partial charge < -0.3 is 4.74 Å². The molecule has 0 saturated heterocycles. The minimum atomic E-state index is -0.0946. The fourth-order valence-electron chi connectivity index (χ4n) is 5.66. The Labute approximate surface area is 158 Å². The van der Waals surface area contributed by atoms with E-state index in [1.165, 1.54) is 12.0 Å². The maximum atomic E-state index is 11.9. The Bertz CT molecular complexity index is 644. The van der Waals surface area contributed by atoms with E-state index in [9.17, 15) is 9.59 Å². The van der Waals surface area contributed by atoms with Gasteiger partial charge in [-0.1, -0.05) is 51.3 Å². The lowest BCUT2D eigenvalue weighted by atomic mass is 9.51. The van der Waals surface area contributed by atoms with Gasteiger partial charge in [0.15, 0.2) is 5.78 Å². The number of carbonyl (C=O) groups excluding carboxylic acids is 2. The molecule has 0 aliphatic heterocycles. The molecule has 0 spiro atoms. The van der Waals surface area contributed by atoms with Gasteiger partial charge in [-0.2, -0.15) is 0 Å². The maximum absolute atomic E-state index is 11.9. The second-order valence-electron chi connectivity index (χ2n) is 9.04. The first-order chi connectivity index (χ1) is 12.3. The average molecular weight is 359 g/mol. The van der Waals surface area contributed by atoms with Crippen LogP contribution >= 0.6 is 0 Å². The highest BCUT2D eigenvalue weighted by Gasteiger charge is 2.51. The van der Waals surface area contributed by atoms with Gasteiger partial charge in [0, 0.05) is 23.7 Å². The van der Waals surface area contributed by atoms with Crippen molar-refractivity contribution >= 4 is 11.8 Å². The molecule has 0 radical (unpaired) electrons. The van der Waals surface area contributed by atoms with Gasteiger partial charge in [-0.25, -0.2) is 0 Å². The molecule has 26 heavy (non-hydrogen) atoms. The normalized spacial score (nSPS) is 36.5. The Hall–Kier alpha value is -1.38. The lowest BCUT2D eigenvalue weighted by Gasteiger charge is -2.54. The first-order valence-corrected chi connectivity index (χ1v) is 10.4. The zero-order chi connectivity index (χ0) is 18.9. The lowest BCUT2D eigenvalue weighted by Crippen LogP contribution is -2.46. The molecule has 3 nitrogen and oxygen atoms in total. The number of allylic oxidation sites excluding steroid dienone is 4. The summed E-state index contributed by atoms with van der Waals surface area (Å²) in [6, 6.07) is 0. The molecule has 0 aromatic heterocycles. The Balaban J connectivity index is 1.91. The summed E-state index contributed by atoms with van der Waals surface area (Å²) in [6.07, 6.45) is 11.9. The van der Waals surface area contributed by atoms with Gasteiger partial charge in [0.25, 0.3) is 0 Å². The number of hydrogen-bond donors (Lipinski definition) is 0. The van der Waals surface area contributed by atoms with Crippen LogP contribution in [0.15, 0.2) is 23.3 Å². The van der Waals surface area contributed by atoms with E-state index in [1.807, 2.05) is 13.0 Å². The molecule has 4 unspecified atom stereocenters. The van der Waals surface area contributed by atoms with Gasteiger partial charge in [-0.3, -0.25) is 9.59 Å². The number of hydrogen-bond acceptors (Lipinski definition) is 3. The van der Waals surface area contributed by atoms with Crippen molar-refractivity contribution in [2.24, 2.45) is 22.7 Å². The standard InChI is InChI=1S/C23H34O3/c1-5-7-19-18-9-8-16-14-17(24)10-13-23(16,4)20(18)11-12-22(19,3)15-26-21(25)6-2/h11,14,18-19H,5-10,12-13,15H2,1-4H3. The molecule has 3 rings (SSSR count). The second kappa shape index (κ2) is 7.32. The van der Waals surface area contributed by atoms with E-state index in [2.05, 4.69) is 26.8 Å². The molecule has 3 heteroatoms. The molecule has 144 valence electrons. The van der Waals surface area contributed by atoms with Crippen LogP contribution in [-0.2, 0) is 14.3 Å². The Morgan fingerprint density at radius 2 is 2.04 bits per heavy atom. The Morgan fingerprint density at radius 1 is 1.27 bits per heavy atom. The topological polar surface area (TPSA) is 43.4 Å². The summed E-state index contributed by atoms with van der Waals surface area (Å²) in [5.74, 6) is 1.31. The summed E-state index contributed by atoms with van der Waals surface area (Å²) in [5, 5.41) is 0. The number of fused-ring (bicyclic) bond motifs is 3. The molecular formula is C23H34O3. The molecule has 1 saturated carbocycles. The number of ether oxygens (including phenoxy) is 1. The molecule has 0 N–H and O–H groups in total. The SMILES string of the molecule is CCCC1C2CCC3=CC(=O)CCC3(C)C2=CCC1(C)COC(=O)CC. The predicted molar refractivity (Wildman–Crippen MR) is 104 cm³/mol. The second-order valence-corrected chi connectivity index (χ2v) is 9.04. The minimum absolute atomic E-state index is 0.0249. The highest BCUT2D eigenvalue weighted by Crippen LogP contribution is 2.60. The van der Waals surface area contributed by atoms with Gasteiger partial charge in [0.1, 0.15) is 0 Å². The Morgan fingerprint density at radius 3 is 2.73 bits per heavy atom. The number of esters is 1. The molecule has 3 aliphatic rings. The highest BCUT2D eigenvalue weighted by molar-refractivity contribution is 5.92. The molecule has 0 aromatic rings. The van der Waals surface area contributed by atoms with E-state index in [4.69, 9.17) is 4.74 Å². The van der Waals surface area contributed by atoms with E-state index in [1.54, 1.807) is 5.57 Å². The van der Waals surface area contributed by atoms with Crippen LogP contribution in [0.2, 0.25) is 0 Å². The van der Waals surface area contributed by atoms with E-state index in [0.29, 0.717) is 37.1 Å². The largest absolute Gasteiger partial charge is 0.465 e. The summed E-state index contributed by atoms with van der Waals surface area (Å²) in [6.45, 7) is 9.30. The predicted octanol–water partition coefficient (Wildman–Crippen LogP) is 5.40. The van der Waals surface area contributed by atoms with Gasteiger partial charge in [0.05, 0.1) is 6.61 Å². The van der Waals surface area contributed by atoms with Crippen LogP contribution in [0.5, 0.6) is 0 Å². The third-order valence-corrected chi connectivity index (χ3v) is 7.30. The first kappa shape index (κ1) is 19.4. The van der Waals surface area contributed by atoms with Crippen molar-refractivity contribution in [1.82, 2.24) is 0 Å². The molecule has 0 heterocycles. The van der Waals surface area contributed by atoms with Crippen molar-refractivity contribution in [3.63, 3.8) is 0 Å². The summed E-state index contributed by atoms with van der Waals surface area (Å²) >= 11 is 0. The van der Waals surface area contributed by atoms with Crippen molar-refractivity contribution in [1.29, 1.82) is 0 Å². The van der Waals surface area contributed by atoms with Crippen LogP contribution < -0.4 is 0 Å². The van der Waals surface area contributed by atoms with Crippen LogP contribution in [0.3, 0.4) is 0 Å². The number of ketones is 1. The summed E-state index contributed by atoms with van der Waals surface area (Å²) in [4.78, 5) is 23.7. The third kappa shape index (κ3) is 3.30. The van der Waals surface area contributed by atoms with Gasteiger partial charge in [-0.15, -0.1) is 0 Å². The fraction of sp³-hybridized carbons (Fsp3) is 0.739. The molecule has 0 bridgehead atoms. The molecule has 3 aliphatic carbocycles. The summed E-state index contributed by atoms with van der Waals surface area (Å²) < 4.78 is 5.61. The quantitative estimate of drug-likeness (QED) is 0.488. The minimum Gasteiger partial charge on any atom is -0.465 e. The van der Waals surface area contributed by atoms with Crippen molar-refractivity contribution in [3.05, 3.63) is 23.3 Å². The van der Waals surface area contributed by atoms with E-state index in [-0.39, 0.29) is 16.8 Å². The highest BCUT2D eigenvalue weighted by atomic mass is 16.5. The van der Waals surface area contributed by atoms with Crippen LogP contribution in [0.25, 0.3) is 0 Å². The van der Waals surface area contributed by atoms with E-state index < -0.39 is 0 Å². The van der Waals surface area contributed by atoms with E-state index >= 15 is 0 Å². The molecule has 4 atom stereocenters. The zero-order valence-electron chi connectivity index (χ0n) is 16.9. The monoisotopic (exact) mass is 358 g/mol. The molecule has 0 aromatic carbocycles. The van der Waals surface area contributed by atoms with Crippen LogP contribution in [0.1, 0.15) is 79.1 Å². The molecule has 1 fully saturated rings. The van der Waals surface area contributed by atoms with Gasteiger partial charge in [0.2, 0.25) is 0 Å². The van der Waals surface area contributed by atoms with Gasteiger partial charge in [-0.05, 0) is 50.0 Å².